The summed E-state index contributed by atoms with van der Waals surface area (Å²) in [5.41, 5.74) is 10.3. The van der Waals surface area contributed by atoms with Crippen LogP contribution in [0, 0.1) is 19.8 Å². The summed E-state index contributed by atoms with van der Waals surface area (Å²) in [5.74, 6) is 0.779. The SMILES string of the molecule is Cc1ccc(C(=O)N2CCC(C3NNCC3c3ccccc3C)CC2)c(=O)[nH]1. The monoisotopic (exact) mass is 380 g/mol. The maximum absolute atomic E-state index is 12.8. The van der Waals surface area contributed by atoms with Crippen LogP contribution in [0.2, 0.25) is 0 Å². The number of amides is 1. The topological polar surface area (TPSA) is 77.2 Å². The van der Waals surface area contributed by atoms with E-state index in [1.54, 1.807) is 12.1 Å². The standard InChI is InChI=1S/C22H28N4O2/c1-14-5-3-4-6-17(14)19-13-23-25-20(19)16-9-11-26(12-10-16)22(28)18-8-7-15(2)24-21(18)27/h3-8,16,19-20,23,25H,9-13H2,1-2H3,(H,24,27). The second-order valence-electron chi connectivity index (χ2n) is 8.03. The molecule has 1 amide bonds. The molecule has 0 bridgehead atoms. The van der Waals surface area contributed by atoms with Crippen molar-refractivity contribution in [2.45, 2.75) is 38.6 Å². The summed E-state index contributed by atoms with van der Waals surface area (Å²) in [6.07, 6.45) is 1.88. The molecule has 3 N–H and O–H groups in total. The zero-order valence-corrected chi connectivity index (χ0v) is 16.5. The minimum atomic E-state index is -0.298. The number of nitrogens with zero attached hydrogens (tertiary/aromatic N) is 1. The van der Waals surface area contributed by atoms with Gasteiger partial charge >= 0.3 is 0 Å². The van der Waals surface area contributed by atoms with Gasteiger partial charge in [0, 0.05) is 37.3 Å². The van der Waals surface area contributed by atoms with E-state index in [1.165, 1.54) is 11.1 Å². The van der Waals surface area contributed by atoms with E-state index in [9.17, 15) is 9.59 Å². The number of likely N-dealkylation sites (tertiary alicyclic amines) is 1. The molecule has 0 saturated carbocycles. The first-order valence-corrected chi connectivity index (χ1v) is 10.1. The van der Waals surface area contributed by atoms with Crippen molar-refractivity contribution >= 4 is 5.91 Å². The second-order valence-corrected chi connectivity index (χ2v) is 8.03. The Hall–Kier alpha value is -2.44. The number of hydrazine groups is 1. The van der Waals surface area contributed by atoms with Crippen LogP contribution in [-0.4, -0.2) is 41.5 Å². The van der Waals surface area contributed by atoms with Crippen LogP contribution in [0.4, 0.5) is 0 Å². The van der Waals surface area contributed by atoms with Crippen molar-refractivity contribution in [1.82, 2.24) is 20.7 Å². The summed E-state index contributed by atoms with van der Waals surface area (Å²) in [4.78, 5) is 29.4. The van der Waals surface area contributed by atoms with Crippen molar-refractivity contribution in [3.8, 4) is 0 Å². The quantitative estimate of drug-likeness (QED) is 0.762. The molecule has 0 aliphatic carbocycles. The maximum Gasteiger partial charge on any atom is 0.260 e. The molecule has 2 aliphatic rings. The Morgan fingerprint density at radius 2 is 1.82 bits per heavy atom. The maximum atomic E-state index is 12.8. The van der Waals surface area contributed by atoms with Gasteiger partial charge in [-0.05, 0) is 55.9 Å². The molecule has 1 aromatic heterocycles. The van der Waals surface area contributed by atoms with Gasteiger partial charge in [-0.3, -0.25) is 20.4 Å². The van der Waals surface area contributed by atoms with Gasteiger partial charge in [0.2, 0.25) is 0 Å². The van der Waals surface area contributed by atoms with Gasteiger partial charge in [0.05, 0.1) is 0 Å². The van der Waals surface area contributed by atoms with E-state index < -0.39 is 0 Å². The molecule has 6 nitrogen and oxygen atoms in total. The van der Waals surface area contributed by atoms with E-state index in [1.807, 2.05) is 11.8 Å². The summed E-state index contributed by atoms with van der Waals surface area (Å²) < 4.78 is 0. The zero-order chi connectivity index (χ0) is 19.7. The minimum Gasteiger partial charge on any atom is -0.338 e. The van der Waals surface area contributed by atoms with Crippen molar-refractivity contribution in [3.63, 3.8) is 0 Å². The molecule has 4 rings (SSSR count). The lowest BCUT2D eigenvalue weighted by molar-refractivity contribution is 0.0668. The van der Waals surface area contributed by atoms with E-state index in [0.717, 1.165) is 25.1 Å². The van der Waals surface area contributed by atoms with Crippen LogP contribution in [-0.2, 0) is 0 Å². The third kappa shape index (κ3) is 3.62. The average molecular weight is 380 g/mol. The summed E-state index contributed by atoms with van der Waals surface area (Å²) in [7, 11) is 0. The van der Waals surface area contributed by atoms with Crippen molar-refractivity contribution in [2.24, 2.45) is 5.92 Å². The van der Waals surface area contributed by atoms with E-state index in [2.05, 4.69) is 47.0 Å². The normalized spacial score (nSPS) is 23.1. The molecule has 2 aliphatic heterocycles. The van der Waals surface area contributed by atoms with Gasteiger partial charge in [0.15, 0.2) is 0 Å². The number of aryl methyl sites for hydroxylation is 2. The van der Waals surface area contributed by atoms with Gasteiger partial charge in [-0.15, -0.1) is 0 Å². The molecule has 1 aromatic carbocycles. The van der Waals surface area contributed by atoms with Crippen molar-refractivity contribution < 1.29 is 4.79 Å². The summed E-state index contributed by atoms with van der Waals surface area (Å²) in [6.45, 7) is 6.29. The highest BCUT2D eigenvalue weighted by Gasteiger charge is 2.37. The van der Waals surface area contributed by atoms with Crippen molar-refractivity contribution in [2.75, 3.05) is 19.6 Å². The Balaban J connectivity index is 1.43. The van der Waals surface area contributed by atoms with Crippen LogP contribution in [0.25, 0.3) is 0 Å². The Kier molecular flexibility index (Phi) is 5.33. The molecule has 0 radical (unpaired) electrons. The highest BCUT2D eigenvalue weighted by molar-refractivity contribution is 5.93. The molecule has 2 unspecified atom stereocenters. The predicted octanol–water partition coefficient (Wildman–Crippen LogP) is 2.10. The molecule has 3 heterocycles. The molecule has 148 valence electrons. The number of aromatic nitrogens is 1. The fraction of sp³-hybridized carbons (Fsp3) is 0.455. The van der Waals surface area contributed by atoms with Gasteiger partial charge in [-0.25, -0.2) is 0 Å². The molecule has 2 atom stereocenters. The fourth-order valence-corrected chi connectivity index (χ4v) is 4.64. The number of hydrogen-bond donors (Lipinski definition) is 3. The predicted molar refractivity (Wildman–Crippen MR) is 109 cm³/mol. The van der Waals surface area contributed by atoms with Crippen LogP contribution in [0.15, 0.2) is 41.2 Å². The van der Waals surface area contributed by atoms with Gasteiger partial charge in [-0.2, -0.15) is 0 Å². The first-order chi connectivity index (χ1) is 13.5. The number of nitrogens with one attached hydrogen (secondary N) is 3. The highest BCUT2D eigenvalue weighted by atomic mass is 16.2. The molecule has 6 heteroatoms. The Labute approximate surface area is 165 Å². The lowest BCUT2D eigenvalue weighted by atomic mass is 9.79. The number of benzene rings is 1. The number of piperidine rings is 1. The first-order valence-electron chi connectivity index (χ1n) is 10.1. The zero-order valence-electron chi connectivity index (χ0n) is 16.5. The third-order valence-corrected chi connectivity index (χ3v) is 6.23. The molecule has 0 spiro atoms. The van der Waals surface area contributed by atoms with E-state index in [-0.39, 0.29) is 17.0 Å². The molecular formula is C22H28N4O2. The van der Waals surface area contributed by atoms with Gasteiger partial charge in [0.1, 0.15) is 5.56 Å². The number of carbonyl (C=O) groups excluding carboxylic acids is 1. The number of H-pyrrole nitrogens is 1. The van der Waals surface area contributed by atoms with Crippen LogP contribution < -0.4 is 16.4 Å². The van der Waals surface area contributed by atoms with Crippen LogP contribution >= 0.6 is 0 Å². The van der Waals surface area contributed by atoms with Gasteiger partial charge in [0.25, 0.3) is 11.5 Å². The average Bonchev–Trinajstić information content (AvgIpc) is 3.17. The Morgan fingerprint density at radius 3 is 2.54 bits per heavy atom. The Morgan fingerprint density at radius 1 is 1.07 bits per heavy atom. The lowest BCUT2D eigenvalue weighted by Gasteiger charge is -2.36. The third-order valence-electron chi connectivity index (χ3n) is 6.23. The number of hydrogen-bond acceptors (Lipinski definition) is 4. The molecule has 28 heavy (non-hydrogen) atoms. The van der Waals surface area contributed by atoms with E-state index in [4.69, 9.17) is 0 Å². The number of rotatable bonds is 3. The van der Waals surface area contributed by atoms with Crippen LogP contribution in [0.1, 0.15) is 45.9 Å². The number of pyridine rings is 1. The smallest absolute Gasteiger partial charge is 0.260 e. The summed E-state index contributed by atoms with van der Waals surface area (Å²) in [5, 5.41) is 0. The van der Waals surface area contributed by atoms with E-state index in [0.29, 0.717) is 31.0 Å². The molecule has 2 saturated heterocycles. The molecule has 2 fully saturated rings. The van der Waals surface area contributed by atoms with E-state index >= 15 is 0 Å². The summed E-state index contributed by atoms with van der Waals surface area (Å²) >= 11 is 0. The van der Waals surface area contributed by atoms with Crippen LogP contribution in [0.5, 0.6) is 0 Å². The lowest BCUT2D eigenvalue weighted by Crippen LogP contribution is -2.46. The number of carbonyl (C=O) groups is 1. The second kappa shape index (κ2) is 7.89. The van der Waals surface area contributed by atoms with Gasteiger partial charge in [-0.1, -0.05) is 24.3 Å². The first kappa shape index (κ1) is 18.9. The largest absolute Gasteiger partial charge is 0.338 e. The highest BCUT2D eigenvalue weighted by Crippen LogP contribution is 2.33. The Bertz CT molecular complexity index is 915. The van der Waals surface area contributed by atoms with Crippen molar-refractivity contribution in [1.29, 1.82) is 0 Å². The minimum absolute atomic E-state index is 0.160. The van der Waals surface area contributed by atoms with Crippen molar-refractivity contribution in [3.05, 3.63) is 69.1 Å². The fourth-order valence-electron chi connectivity index (χ4n) is 4.64. The van der Waals surface area contributed by atoms with Gasteiger partial charge < -0.3 is 9.88 Å². The molecular weight excluding hydrogens is 352 g/mol. The van der Waals surface area contributed by atoms with Crippen LogP contribution in [0.3, 0.4) is 0 Å². The number of aromatic amines is 1. The molecule has 2 aromatic rings. The summed E-state index contributed by atoms with van der Waals surface area (Å²) in [6, 6.07) is 12.4.